The number of anilines is 2. The van der Waals surface area contributed by atoms with Crippen LogP contribution in [0.25, 0.3) is 5.82 Å². The molecule has 3 heterocycles. The highest BCUT2D eigenvalue weighted by molar-refractivity contribution is 6.31. The van der Waals surface area contributed by atoms with E-state index in [1.807, 2.05) is 19.9 Å². The van der Waals surface area contributed by atoms with Gasteiger partial charge in [-0.1, -0.05) is 11.6 Å². The summed E-state index contributed by atoms with van der Waals surface area (Å²) in [5.74, 6) is 0.310. The van der Waals surface area contributed by atoms with E-state index in [4.69, 9.17) is 16.3 Å². The van der Waals surface area contributed by atoms with Crippen LogP contribution in [0.3, 0.4) is 0 Å². The van der Waals surface area contributed by atoms with Crippen LogP contribution in [-0.4, -0.2) is 40.2 Å². The molecule has 1 aromatic carbocycles. The quantitative estimate of drug-likeness (QED) is 0.656. The molecule has 0 radical (unpaired) electrons. The van der Waals surface area contributed by atoms with Crippen molar-refractivity contribution in [1.82, 2.24) is 14.8 Å². The molecule has 9 heteroatoms. The molecule has 1 fully saturated rings. The highest BCUT2D eigenvalue weighted by Gasteiger charge is 2.36. The fraction of sp³-hybridized carbons (Fsp3) is 0.273. The third kappa shape index (κ3) is 4.25. The van der Waals surface area contributed by atoms with E-state index in [0.29, 0.717) is 28.0 Å². The third-order valence-corrected chi connectivity index (χ3v) is 5.40. The minimum Gasteiger partial charge on any atom is -0.495 e. The number of hydrogen-bond acceptors (Lipinski definition) is 5. The number of carbonyl (C=O) groups is 2. The maximum atomic E-state index is 12.8. The Morgan fingerprint density at radius 2 is 2.03 bits per heavy atom. The Bertz CT molecular complexity index is 1140. The van der Waals surface area contributed by atoms with Gasteiger partial charge in [0.1, 0.15) is 5.75 Å². The summed E-state index contributed by atoms with van der Waals surface area (Å²) in [6.45, 7) is 4.12. The van der Waals surface area contributed by atoms with Crippen LogP contribution in [-0.2, 0) is 9.59 Å². The zero-order valence-electron chi connectivity index (χ0n) is 17.4. The highest BCUT2D eigenvalue weighted by Crippen LogP contribution is 2.35. The number of rotatable bonds is 5. The Hall–Kier alpha value is -3.39. The second-order valence-corrected chi connectivity index (χ2v) is 7.89. The zero-order chi connectivity index (χ0) is 22.1. The number of pyridine rings is 1. The molecule has 0 saturated carbocycles. The molecule has 1 N–H and O–H groups in total. The molecule has 3 aromatic rings. The Labute approximate surface area is 184 Å². The number of aromatic nitrogens is 3. The minimum atomic E-state index is -0.494. The first kappa shape index (κ1) is 20.9. The molecule has 8 nitrogen and oxygen atoms in total. The molecule has 0 unspecified atom stereocenters. The monoisotopic (exact) mass is 439 g/mol. The number of carbonyl (C=O) groups excluding carboxylic acids is 2. The van der Waals surface area contributed by atoms with Crippen molar-refractivity contribution < 1.29 is 14.3 Å². The number of hydrogen-bond donors (Lipinski definition) is 1. The van der Waals surface area contributed by atoms with E-state index in [-0.39, 0.29) is 24.8 Å². The van der Waals surface area contributed by atoms with Gasteiger partial charge in [-0.15, -0.1) is 0 Å². The van der Waals surface area contributed by atoms with Crippen LogP contribution < -0.4 is 15.0 Å². The summed E-state index contributed by atoms with van der Waals surface area (Å²) in [6, 6.07) is 10.6. The summed E-state index contributed by atoms with van der Waals surface area (Å²) in [5, 5.41) is 7.74. The molecule has 1 aliphatic heterocycles. The Kier molecular flexibility index (Phi) is 5.65. The number of nitrogens with one attached hydrogen (secondary N) is 1. The maximum absolute atomic E-state index is 12.8. The lowest BCUT2D eigenvalue weighted by atomic mass is 10.1. The number of methoxy groups -OCH3 is 1. The number of nitrogens with zero attached hydrogens (tertiary/aromatic N) is 4. The van der Waals surface area contributed by atoms with Gasteiger partial charge < -0.3 is 15.0 Å². The summed E-state index contributed by atoms with van der Waals surface area (Å²) in [4.78, 5) is 31.3. The van der Waals surface area contributed by atoms with Gasteiger partial charge in [0.25, 0.3) is 0 Å². The molecule has 4 rings (SSSR count). The van der Waals surface area contributed by atoms with Crippen LogP contribution in [0.4, 0.5) is 11.4 Å². The van der Waals surface area contributed by atoms with Gasteiger partial charge in [0.15, 0.2) is 5.82 Å². The van der Waals surface area contributed by atoms with Gasteiger partial charge in [-0.2, -0.15) is 5.10 Å². The molecule has 1 atom stereocenters. The normalized spacial score (nSPS) is 15.9. The van der Waals surface area contributed by atoms with Gasteiger partial charge in [-0.05, 0) is 50.2 Å². The van der Waals surface area contributed by atoms with Crippen molar-refractivity contribution in [3.05, 3.63) is 59.0 Å². The molecule has 0 spiro atoms. The van der Waals surface area contributed by atoms with Crippen LogP contribution in [0, 0.1) is 19.8 Å². The second kappa shape index (κ2) is 8.39. The van der Waals surface area contributed by atoms with Crippen LogP contribution in [0.5, 0.6) is 5.75 Å². The number of ether oxygens (including phenoxy) is 1. The predicted octanol–water partition coefficient (Wildman–Crippen LogP) is 3.54. The Morgan fingerprint density at radius 1 is 1.23 bits per heavy atom. The first-order valence-electron chi connectivity index (χ1n) is 9.80. The average Bonchev–Trinajstić information content (AvgIpc) is 3.30. The van der Waals surface area contributed by atoms with E-state index in [1.54, 1.807) is 46.1 Å². The molecule has 0 aliphatic carbocycles. The van der Waals surface area contributed by atoms with E-state index in [0.717, 1.165) is 11.4 Å². The first-order chi connectivity index (χ1) is 14.9. The maximum Gasteiger partial charge on any atom is 0.229 e. The van der Waals surface area contributed by atoms with E-state index >= 15 is 0 Å². The number of halogens is 1. The van der Waals surface area contributed by atoms with Gasteiger partial charge >= 0.3 is 0 Å². The second-order valence-electron chi connectivity index (χ2n) is 7.45. The standard InChI is InChI=1S/C22H22ClN5O3/c1-13-8-14(2)28(26-13)20-7-5-17(11-24-20)25-22(30)15-9-21(29)27(12-15)18-10-16(23)4-6-19(18)31-3/h4-8,10-11,15H,9,12H2,1-3H3,(H,25,30)/t15-/m0/s1. The third-order valence-electron chi connectivity index (χ3n) is 5.17. The van der Waals surface area contributed by atoms with Crippen molar-refractivity contribution in [2.75, 3.05) is 23.9 Å². The van der Waals surface area contributed by atoms with Crippen molar-refractivity contribution in [1.29, 1.82) is 0 Å². The van der Waals surface area contributed by atoms with Crippen molar-refractivity contribution in [2.45, 2.75) is 20.3 Å². The fourth-order valence-electron chi connectivity index (χ4n) is 3.68. The molecule has 160 valence electrons. The van der Waals surface area contributed by atoms with Crippen molar-refractivity contribution in [3.63, 3.8) is 0 Å². The van der Waals surface area contributed by atoms with Gasteiger partial charge in [0, 0.05) is 23.7 Å². The highest BCUT2D eigenvalue weighted by atomic mass is 35.5. The van der Waals surface area contributed by atoms with Crippen LogP contribution in [0.15, 0.2) is 42.6 Å². The molecule has 1 saturated heterocycles. The number of benzene rings is 1. The topological polar surface area (TPSA) is 89.3 Å². The van der Waals surface area contributed by atoms with Crippen molar-refractivity contribution in [2.24, 2.45) is 5.92 Å². The summed E-state index contributed by atoms with van der Waals surface area (Å²) in [7, 11) is 1.53. The van der Waals surface area contributed by atoms with Crippen LogP contribution >= 0.6 is 11.6 Å². The molecule has 2 aromatic heterocycles. The van der Waals surface area contributed by atoms with Gasteiger partial charge in [0.05, 0.1) is 36.3 Å². The van der Waals surface area contributed by atoms with Crippen LogP contribution in [0.1, 0.15) is 17.8 Å². The molecule has 2 amide bonds. The lowest BCUT2D eigenvalue weighted by molar-refractivity contribution is -0.122. The lowest BCUT2D eigenvalue weighted by Gasteiger charge is -2.19. The molecule has 31 heavy (non-hydrogen) atoms. The average molecular weight is 440 g/mol. The van der Waals surface area contributed by atoms with Gasteiger partial charge in [0.2, 0.25) is 11.8 Å². The van der Waals surface area contributed by atoms with Gasteiger partial charge in [-0.3, -0.25) is 9.59 Å². The molecule has 1 aliphatic rings. The Morgan fingerprint density at radius 3 is 2.68 bits per heavy atom. The summed E-state index contributed by atoms with van der Waals surface area (Å²) < 4.78 is 7.08. The van der Waals surface area contributed by atoms with Crippen molar-refractivity contribution >= 4 is 34.8 Å². The Balaban J connectivity index is 1.45. The first-order valence-corrected chi connectivity index (χ1v) is 10.2. The summed E-state index contributed by atoms with van der Waals surface area (Å²) in [6.07, 6.45) is 1.69. The number of amides is 2. The minimum absolute atomic E-state index is 0.110. The van der Waals surface area contributed by atoms with Crippen molar-refractivity contribution in [3.8, 4) is 11.6 Å². The smallest absolute Gasteiger partial charge is 0.229 e. The fourth-order valence-corrected chi connectivity index (χ4v) is 3.85. The summed E-state index contributed by atoms with van der Waals surface area (Å²) in [5.41, 5.74) is 3.00. The van der Waals surface area contributed by atoms with E-state index in [1.165, 1.54) is 7.11 Å². The zero-order valence-corrected chi connectivity index (χ0v) is 18.2. The lowest BCUT2D eigenvalue weighted by Crippen LogP contribution is -2.28. The van der Waals surface area contributed by atoms with E-state index in [2.05, 4.69) is 15.4 Å². The van der Waals surface area contributed by atoms with Gasteiger partial charge in [-0.25, -0.2) is 9.67 Å². The van der Waals surface area contributed by atoms with Crippen LogP contribution in [0.2, 0.25) is 5.02 Å². The molecular weight excluding hydrogens is 418 g/mol. The van der Waals surface area contributed by atoms with E-state index in [9.17, 15) is 9.59 Å². The number of aryl methyl sites for hydroxylation is 2. The van der Waals surface area contributed by atoms with E-state index < -0.39 is 5.92 Å². The largest absolute Gasteiger partial charge is 0.495 e. The molecular formula is C22H22ClN5O3. The molecule has 0 bridgehead atoms. The summed E-state index contributed by atoms with van der Waals surface area (Å²) >= 11 is 6.09. The predicted molar refractivity (Wildman–Crippen MR) is 118 cm³/mol. The SMILES string of the molecule is COc1ccc(Cl)cc1N1C[C@@H](C(=O)Nc2ccc(-n3nc(C)cc3C)nc2)CC1=O.